The lowest BCUT2D eigenvalue weighted by atomic mass is 9.78. The molecule has 1 N–H and O–H groups in total. The molecule has 3 atom stereocenters. The van der Waals surface area contributed by atoms with Crippen molar-refractivity contribution in [2.45, 2.75) is 43.8 Å². The molecule has 1 saturated carbocycles. The van der Waals surface area contributed by atoms with E-state index >= 15 is 0 Å². The minimum atomic E-state index is -1.11. The summed E-state index contributed by atoms with van der Waals surface area (Å²) in [5.74, 6) is -2.77. The van der Waals surface area contributed by atoms with E-state index in [4.69, 9.17) is 32.7 Å². The number of aliphatic hydroxyl groups excluding tert-OH is 1. The normalized spacial score (nSPS) is 23.7. The van der Waals surface area contributed by atoms with Crippen LogP contribution in [0, 0.1) is 5.92 Å². The lowest BCUT2D eigenvalue weighted by Crippen LogP contribution is -2.50. The van der Waals surface area contributed by atoms with Crippen LogP contribution in [-0.4, -0.2) is 42.2 Å². The number of carbonyl (C=O) groups excluding carboxylic acids is 2. The summed E-state index contributed by atoms with van der Waals surface area (Å²) < 4.78 is 10.2. The fourth-order valence-corrected chi connectivity index (χ4v) is 5.53. The van der Waals surface area contributed by atoms with Crippen molar-refractivity contribution in [2.24, 2.45) is 5.92 Å². The summed E-state index contributed by atoms with van der Waals surface area (Å²) in [6.45, 7) is 0. The average Bonchev–Trinajstić information content (AvgIpc) is 3.38. The highest BCUT2D eigenvalue weighted by molar-refractivity contribution is 6.30. The summed E-state index contributed by atoms with van der Waals surface area (Å²) in [6.07, 6.45) is 3.87. The zero-order valence-electron chi connectivity index (χ0n) is 19.0. The Kier molecular flexibility index (Phi) is 7.51. The first-order valence-corrected chi connectivity index (χ1v) is 12.0. The first kappa shape index (κ1) is 24.6. The van der Waals surface area contributed by atoms with E-state index in [2.05, 4.69) is 4.90 Å². The van der Waals surface area contributed by atoms with Gasteiger partial charge in [-0.2, -0.15) is 0 Å². The highest BCUT2D eigenvalue weighted by Crippen LogP contribution is 2.51. The Labute approximate surface area is 209 Å². The van der Waals surface area contributed by atoms with Gasteiger partial charge in [0.15, 0.2) is 0 Å². The van der Waals surface area contributed by atoms with E-state index in [0.717, 1.165) is 36.8 Å². The first-order chi connectivity index (χ1) is 16.4. The molecule has 0 bridgehead atoms. The van der Waals surface area contributed by atoms with Gasteiger partial charge in [0.1, 0.15) is 11.7 Å². The largest absolute Gasteiger partial charge is 0.511 e. The maximum atomic E-state index is 13.1. The fourth-order valence-electron chi connectivity index (χ4n) is 5.28. The molecule has 1 aliphatic heterocycles. The Hall–Kier alpha value is -2.54. The molecule has 0 saturated heterocycles. The summed E-state index contributed by atoms with van der Waals surface area (Å²) >= 11 is 12.3. The maximum absolute atomic E-state index is 13.1. The van der Waals surface area contributed by atoms with Gasteiger partial charge in [0.25, 0.3) is 0 Å². The van der Waals surface area contributed by atoms with Crippen molar-refractivity contribution in [1.29, 1.82) is 0 Å². The average molecular weight is 504 g/mol. The molecule has 0 spiro atoms. The molecule has 1 heterocycles. The van der Waals surface area contributed by atoms with Crippen LogP contribution >= 0.6 is 23.2 Å². The van der Waals surface area contributed by atoms with Gasteiger partial charge in [-0.15, -0.1) is 0 Å². The molecule has 3 unspecified atom stereocenters. The van der Waals surface area contributed by atoms with Crippen LogP contribution in [0.2, 0.25) is 10.0 Å². The number of benzene rings is 2. The van der Waals surface area contributed by atoms with Crippen molar-refractivity contribution < 1.29 is 24.2 Å². The monoisotopic (exact) mass is 503 g/mol. The predicted octanol–water partition coefficient (Wildman–Crippen LogP) is 5.81. The topological polar surface area (TPSA) is 76.1 Å². The molecule has 180 valence electrons. The van der Waals surface area contributed by atoms with E-state index in [-0.39, 0.29) is 17.4 Å². The minimum absolute atomic E-state index is 0.0392. The SMILES string of the molecule is COC(=O)C1=C(O)C(C(=O)OC)C(c2ccc(Cl)cc2)N(C2CCCC2)C1c1ccc(Cl)cc1. The van der Waals surface area contributed by atoms with Gasteiger partial charge in [-0.05, 0) is 48.2 Å². The standard InChI is InChI=1S/C26H27Cl2NO5/c1-33-25(31)20-22(15-7-11-17(27)12-8-15)29(19-5-3-4-6-19)23(16-9-13-18(28)14-10-16)21(24(20)30)26(32)34-2/h7-14,19-20,22-23,30H,3-6H2,1-2H3. The van der Waals surface area contributed by atoms with Crippen molar-refractivity contribution in [2.75, 3.05) is 14.2 Å². The van der Waals surface area contributed by atoms with Crippen LogP contribution < -0.4 is 0 Å². The van der Waals surface area contributed by atoms with Gasteiger partial charge in [-0.25, -0.2) is 4.79 Å². The number of esters is 2. The molecule has 0 radical (unpaired) electrons. The van der Waals surface area contributed by atoms with Crippen LogP contribution in [0.25, 0.3) is 0 Å². The van der Waals surface area contributed by atoms with Gasteiger partial charge in [-0.3, -0.25) is 9.69 Å². The zero-order valence-corrected chi connectivity index (χ0v) is 20.6. The van der Waals surface area contributed by atoms with Crippen molar-refractivity contribution in [1.82, 2.24) is 4.90 Å². The molecule has 2 aromatic carbocycles. The molecular weight excluding hydrogens is 477 g/mol. The predicted molar refractivity (Wildman–Crippen MR) is 130 cm³/mol. The molecule has 0 aromatic heterocycles. The van der Waals surface area contributed by atoms with E-state index in [1.165, 1.54) is 14.2 Å². The Bertz CT molecular complexity index is 1080. The second kappa shape index (κ2) is 10.4. The van der Waals surface area contributed by atoms with Gasteiger partial charge in [0.05, 0.1) is 31.9 Å². The molecule has 1 aliphatic carbocycles. The van der Waals surface area contributed by atoms with Crippen LogP contribution in [0.1, 0.15) is 48.9 Å². The molecule has 8 heteroatoms. The van der Waals surface area contributed by atoms with Gasteiger partial charge >= 0.3 is 11.9 Å². The summed E-state index contributed by atoms with van der Waals surface area (Å²) in [4.78, 5) is 28.3. The second-order valence-electron chi connectivity index (χ2n) is 8.63. The second-order valence-corrected chi connectivity index (χ2v) is 9.50. The summed E-state index contributed by atoms with van der Waals surface area (Å²) in [6, 6.07) is 13.2. The molecule has 0 amide bonds. The fraction of sp³-hybridized carbons (Fsp3) is 0.385. The van der Waals surface area contributed by atoms with Crippen LogP contribution in [0.15, 0.2) is 59.9 Å². The quantitative estimate of drug-likeness (QED) is 0.518. The molecule has 34 heavy (non-hydrogen) atoms. The van der Waals surface area contributed by atoms with Crippen LogP contribution in [0.4, 0.5) is 0 Å². The van der Waals surface area contributed by atoms with Gasteiger partial charge < -0.3 is 14.6 Å². The van der Waals surface area contributed by atoms with E-state index in [1.54, 1.807) is 24.3 Å². The number of hydrogen-bond acceptors (Lipinski definition) is 6. The lowest BCUT2D eigenvalue weighted by molar-refractivity contribution is -0.150. The molecular formula is C26H27Cl2NO5. The number of aliphatic hydroxyl groups is 1. The highest BCUT2D eigenvalue weighted by atomic mass is 35.5. The minimum Gasteiger partial charge on any atom is -0.511 e. The van der Waals surface area contributed by atoms with Crippen LogP contribution in [0.3, 0.4) is 0 Å². The van der Waals surface area contributed by atoms with Crippen molar-refractivity contribution in [3.63, 3.8) is 0 Å². The highest BCUT2D eigenvalue weighted by Gasteiger charge is 2.52. The third kappa shape index (κ3) is 4.54. The number of halogens is 2. The number of nitrogens with zero attached hydrogens (tertiary/aromatic N) is 1. The van der Waals surface area contributed by atoms with Gasteiger partial charge in [0, 0.05) is 16.1 Å². The van der Waals surface area contributed by atoms with Crippen molar-refractivity contribution in [3.8, 4) is 0 Å². The van der Waals surface area contributed by atoms with E-state index in [0.29, 0.717) is 10.0 Å². The Morgan fingerprint density at radius 2 is 1.41 bits per heavy atom. The maximum Gasteiger partial charge on any atom is 0.339 e. The van der Waals surface area contributed by atoms with Crippen LogP contribution in [-0.2, 0) is 19.1 Å². The third-order valence-corrected chi connectivity index (χ3v) is 7.29. The number of rotatable bonds is 5. The number of carbonyl (C=O) groups is 2. The Morgan fingerprint density at radius 3 is 1.91 bits per heavy atom. The van der Waals surface area contributed by atoms with Gasteiger partial charge in [0.2, 0.25) is 0 Å². The zero-order chi connectivity index (χ0) is 24.4. The van der Waals surface area contributed by atoms with E-state index in [1.807, 2.05) is 24.3 Å². The third-order valence-electron chi connectivity index (χ3n) is 6.78. The Morgan fingerprint density at radius 1 is 0.882 bits per heavy atom. The molecule has 1 fully saturated rings. The molecule has 2 aromatic rings. The van der Waals surface area contributed by atoms with E-state index < -0.39 is 29.9 Å². The molecule has 2 aliphatic rings. The summed E-state index contributed by atoms with van der Waals surface area (Å²) in [5.41, 5.74) is 1.60. The first-order valence-electron chi connectivity index (χ1n) is 11.2. The number of methoxy groups -OCH3 is 2. The lowest BCUT2D eigenvalue weighted by Gasteiger charge is -2.48. The summed E-state index contributed by atoms with van der Waals surface area (Å²) in [7, 11) is 2.54. The van der Waals surface area contributed by atoms with E-state index in [9.17, 15) is 14.7 Å². The van der Waals surface area contributed by atoms with Crippen molar-refractivity contribution >= 4 is 35.1 Å². The van der Waals surface area contributed by atoms with Crippen molar-refractivity contribution in [3.05, 3.63) is 81.0 Å². The molecule has 6 nitrogen and oxygen atoms in total. The Balaban J connectivity index is 2.01. The molecule has 4 rings (SSSR count). The summed E-state index contributed by atoms with van der Waals surface area (Å²) in [5, 5.41) is 12.6. The van der Waals surface area contributed by atoms with Crippen LogP contribution in [0.5, 0.6) is 0 Å². The number of ether oxygens (including phenoxy) is 2. The van der Waals surface area contributed by atoms with Gasteiger partial charge in [-0.1, -0.05) is 60.3 Å². The number of hydrogen-bond donors (Lipinski definition) is 1. The smallest absolute Gasteiger partial charge is 0.339 e.